The first-order chi connectivity index (χ1) is 8.15. The van der Waals surface area contributed by atoms with E-state index in [1.54, 1.807) is 18.7 Å². The van der Waals surface area contributed by atoms with E-state index in [2.05, 4.69) is 5.32 Å². The standard InChI is InChI=1S/C12H20N2O2S/c1-8(15)11-7-17-6-9-4-3-5-10(13-2)12(16)14(9)11/h9-11,13H,3-7H2,1-2H3. The fourth-order valence-electron chi connectivity index (χ4n) is 2.73. The predicted octanol–water partition coefficient (Wildman–Crippen LogP) is 0.660. The van der Waals surface area contributed by atoms with Crippen LogP contribution in [0.15, 0.2) is 0 Å². The van der Waals surface area contributed by atoms with Crippen LogP contribution < -0.4 is 5.32 Å². The summed E-state index contributed by atoms with van der Waals surface area (Å²) in [6.45, 7) is 1.60. The Labute approximate surface area is 106 Å². The van der Waals surface area contributed by atoms with Crippen molar-refractivity contribution in [1.82, 2.24) is 10.2 Å². The number of nitrogens with zero attached hydrogens (tertiary/aromatic N) is 1. The predicted molar refractivity (Wildman–Crippen MR) is 69.1 cm³/mol. The van der Waals surface area contributed by atoms with Crippen LogP contribution in [-0.2, 0) is 9.59 Å². The van der Waals surface area contributed by atoms with Crippen LogP contribution in [0.25, 0.3) is 0 Å². The Morgan fingerprint density at radius 1 is 1.41 bits per heavy atom. The summed E-state index contributed by atoms with van der Waals surface area (Å²) in [5.74, 6) is 1.97. The monoisotopic (exact) mass is 256 g/mol. The zero-order valence-corrected chi connectivity index (χ0v) is 11.3. The number of fused-ring (bicyclic) bond motifs is 1. The quantitative estimate of drug-likeness (QED) is 0.788. The zero-order valence-electron chi connectivity index (χ0n) is 10.4. The molecule has 2 aliphatic rings. The molecule has 0 radical (unpaired) electrons. The molecule has 4 nitrogen and oxygen atoms in total. The minimum absolute atomic E-state index is 0.107. The second-order valence-corrected chi connectivity index (χ2v) is 5.91. The Bertz CT molecular complexity index is 322. The minimum Gasteiger partial charge on any atom is -0.327 e. The van der Waals surface area contributed by atoms with Crippen LogP contribution in [-0.4, -0.2) is 53.3 Å². The highest BCUT2D eigenvalue weighted by Gasteiger charge is 2.40. The number of hydrogen-bond acceptors (Lipinski definition) is 4. The van der Waals surface area contributed by atoms with Gasteiger partial charge in [0.05, 0.1) is 12.1 Å². The number of hydrogen-bond donors (Lipinski definition) is 1. The van der Waals surface area contributed by atoms with Gasteiger partial charge < -0.3 is 10.2 Å². The SMILES string of the molecule is CNC1CCCC2CSCC(C(C)=O)N2C1=O. The van der Waals surface area contributed by atoms with Crippen molar-refractivity contribution < 1.29 is 9.59 Å². The summed E-state index contributed by atoms with van der Waals surface area (Å²) in [6, 6.07) is -0.0568. The summed E-state index contributed by atoms with van der Waals surface area (Å²) >= 11 is 1.80. The highest BCUT2D eigenvalue weighted by atomic mass is 32.2. The molecule has 2 fully saturated rings. The number of carbonyl (C=O) groups is 2. The Morgan fingerprint density at radius 2 is 2.18 bits per heavy atom. The van der Waals surface area contributed by atoms with Crippen molar-refractivity contribution in [2.24, 2.45) is 0 Å². The van der Waals surface area contributed by atoms with E-state index in [4.69, 9.17) is 0 Å². The molecule has 0 aromatic heterocycles. The third-order valence-electron chi connectivity index (χ3n) is 3.72. The maximum atomic E-state index is 12.4. The number of ketones is 1. The van der Waals surface area contributed by atoms with E-state index in [9.17, 15) is 9.59 Å². The molecule has 3 unspecified atom stereocenters. The number of rotatable bonds is 2. The average Bonchev–Trinajstić information content (AvgIpc) is 2.48. The summed E-state index contributed by atoms with van der Waals surface area (Å²) in [5.41, 5.74) is 0. The highest BCUT2D eigenvalue weighted by molar-refractivity contribution is 7.99. The lowest BCUT2D eigenvalue weighted by Gasteiger charge is -2.40. The second kappa shape index (κ2) is 5.40. The lowest BCUT2D eigenvalue weighted by molar-refractivity contribution is -0.141. The normalized spacial score (nSPS) is 34.1. The molecule has 0 saturated carbocycles. The smallest absolute Gasteiger partial charge is 0.240 e. The van der Waals surface area contributed by atoms with E-state index in [1.165, 1.54) is 0 Å². The lowest BCUT2D eigenvalue weighted by Crippen LogP contribution is -2.58. The number of nitrogens with one attached hydrogen (secondary N) is 1. The molecule has 1 N–H and O–H groups in total. The van der Waals surface area contributed by atoms with Gasteiger partial charge in [-0.05, 0) is 33.2 Å². The van der Waals surface area contributed by atoms with Crippen molar-refractivity contribution in [1.29, 1.82) is 0 Å². The first kappa shape index (κ1) is 12.9. The van der Waals surface area contributed by atoms with Gasteiger partial charge in [-0.2, -0.15) is 11.8 Å². The average molecular weight is 256 g/mol. The zero-order chi connectivity index (χ0) is 12.4. The molecule has 0 aliphatic carbocycles. The third-order valence-corrected chi connectivity index (χ3v) is 4.89. The van der Waals surface area contributed by atoms with Gasteiger partial charge in [-0.1, -0.05) is 0 Å². The van der Waals surface area contributed by atoms with Crippen molar-refractivity contribution >= 4 is 23.5 Å². The van der Waals surface area contributed by atoms with Gasteiger partial charge in [0.2, 0.25) is 5.91 Å². The maximum Gasteiger partial charge on any atom is 0.240 e. The molecule has 0 bridgehead atoms. The topological polar surface area (TPSA) is 49.4 Å². The summed E-state index contributed by atoms with van der Waals surface area (Å²) in [6.07, 6.45) is 2.97. The molecule has 2 heterocycles. The number of carbonyl (C=O) groups excluding carboxylic acids is 2. The first-order valence-corrected chi connectivity index (χ1v) is 7.38. The Morgan fingerprint density at radius 3 is 2.82 bits per heavy atom. The molecule has 2 saturated heterocycles. The van der Waals surface area contributed by atoms with Crippen LogP contribution >= 0.6 is 11.8 Å². The van der Waals surface area contributed by atoms with E-state index in [0.29, 0.717) is 0 Å². The molecular weight excluding hydrogens is 236 g/mol. The number of thioether (sulfide) groups is 1. The molecule has 0 spiro atoms. The van der Waals surface area contributed by atoms with Gasteiger partial charge in [-0.3, -0.25) is 9.59 Å². The summed E-state index contributed by atoms with van der Waals surface area (Å²) in [5, 5.41) is 3.08. The van der Waals surface area contributed by atoms with Crippen molar-refractivity contribution in [2.45, 2.75) is 44.3 Å². The summed E-state index contributed by atoms with van der Waals surface area (Å²) < 4.78 is 0. The molecular formula is C12H20N2O2S. The maximum absolute atomic E-state index is 12.4. The fraction of sp³-hybridized carbons (Fsp3) is 0.833. The van der Waals surface area contributed by atoms with Crippen molar-refractivity contribution in [3.8, 4) is 0 Å². The van der Waals surface area contributed by atoms with E-state index < -0.39 is 0 Å². The van der Waals surface area contributed by atoms with Crippen LogP contribution in [0, 0.1) is 0 Å². The molecule has 2 aliphatic heterocycles. The van der Waals surface area contributed by atoms with E-state index in [-0.39, 0.29) is 29.8 Å². The van der Waals surface area contributed by atoms with Gasteiger partial charge in [0.25, 0.3) is 0 Å². The molecule has 5 heteroatoms. The largest absolute Gasteiger partial charge is 0.327 e. The Balaban J connectivity index is 2.24. The van der Waals surface area contributed by atoms with Gasteiger partial charge in [-0.15, -0.1) is 0 Å². The Hall–Kier alpha value is -0.550. The van der Waals surface area contributed by atoms with Crippen LogP contribution in [0.1, 0.15) is 26.2 Å². The first-order valence-electron chi connectivity index (χ1n) is 6.22. The second-order valence-electron chi connectivity index (χ2n) is 4.84. The fourth-order valence-corrected chi connectivity index (χ4v) is 4.08. The number of likely N-dealkylation sites (N-methyl/N-ethyl adjacent to an activating group) is 1. The molecule has 0 aromatic rings. The van der Waals surface area contributed by atoms with Crippen LogP contribution in [0.4, 0.5) is 0 Å². The van der Waals surface area contributed by atoms with Gasteiger partial charge in [0.1, 0.15) is 0 Å². The molecule has 17 heavy (non-hydrogen) atoms. The minimum atomic E-state index is -0.208. The molecule has 0 aromatic carbocycles. The van der Waals surface area contributed by atoms with Crippen molar-refractivity contribution in [2.75, 3.05) is 18.6 Å². The number of Topliss-reactive ketones (excluding diaryl/α,β-unsaturated/α-hetero) is 1. The van der Waals surface area contributed by atoms with E-state index in [0.717, 1.165) is 30.8 Å². The Kier molecular flexibility index (Phi) is 4.09. The van der Waals surface area contributed by atoms with Crippen molar-refractivity contribution in [3.05, 3.63) is 0 Å². The molecule has 3 atom stereocenters. The summed E-state index contributed by atoms with van der Waals surface area (Å²) in [7, 11) is 1.82. The van der Waals surface area contributed by atoms with Gasteiger partial charge >= 0.3 is 0 Å². The molecule has 2 rings (SSSR count). The lowest BCUT2D eigenvalue weighted by atomic mass is 10.1. The van der Waals surface area contributed by atoms with Crippen LogP contribution in [0.2, 0.25) is 0 Å². The highest BCUT2D eigenvalue weighted by Crippen LogP contribution is 2.29. The summed E-state index contributed by atoms with van der Waals surface area (Å²) in [4.78, 5) is 26.0. The van der Waals surface area contributed by atoms with Crippen molar-refractivity contribution in [3.63, 3.8) is 0 Å². The van der Waals surface area contributed by atoms with E-state index in [1.807, 2.05) is 11.9 Å². The van der Waals surface area contributed by atoms with Gasteiger partial charge in [0, 0.05) is 17.5 Å². The molecule has 1 amide bonds. The van der Waals surface area contributed by atoms with Crippen LogP contribution in [0.5, 0.6) is 0 Å². The van der Waals surface area contributed by atoms with Gasteiger partial charge in [0.15, 0.2) is 5.78 Å². The van der Waals surface area contributed by atoms with E-state index >= 15 is 0 Å². The van der Waals surface area contributed by atoms with Crippen LogP contribution in [0.3, 0.4) is 0 Å². The third kappa shape index (κ3) is 2.50. The van der Waals surface area contributed by atoms with Gasteiger partial charge in [-0.25, -0.2) is 0 Å². The molecule has 96 valence electrons. The number of amides is 1.